The number of nitrogens with two attached hydrogens (primary N) is 1. The predicted octanol–water partition coefficient (Wildman–Crippen LogP) is 1.98. The number of hydrogen-bond donors (Lipinski definition) is 1. The maximum atomic E-state index is 5.54. The molecule has 78 valence electrons. The Hall–Kier alpha value is -0.370. The Labute approximate surface area is 86.9 Å². The molecule has 4 heteroatoms. The third-order valence-electron chi connectivity index (χ3n) is 2.13. The van der Waals surface area contributed by atoms with Crippen LogP contribution in [-0.2, 0) is 0 Å². The average Bonchev–Trinajstić information content (AvgIpc) is 2.03. The van der Waals surface area contributed by atoms with Crippen LogP contribution in [0.4, 0.5) is 0 Å². The third-order valence-corrected chi connectivity index (χ3v) is 2.13. The largest absolute Gasteiger partial charge is 0.330 e. The lowest BCUT2D eigenvalue weighted by Gasteiger charge is -2.24. The van der Waals surface area contributed by atoms with Crippen molar-refractivity contribution in [2.45, 2.75) is 33.2 Å². The van der Waals surface area contributed by atoms with E-state index in [9.17, 15) is 0 Å². The van der Waals surface area contributed by atoms with Gasteiger partial charge in [0.2, 0.25) is 0 Å². The van der Waals surface area contributed by atoms with E-state index >= 15 is 0 Å². The number of halogens is 1. The molecule has 0 aromatic carbocycles. The molecule has 0 bridgehead atoms. The lowest BCUT2D eigenvalue weighted by atomic mass is 9.90. The second kappa shape index (κ2) is 7.07. The van der Waals surface area contributed by atoms with Crippen molar-refractivity contribution >= 4 is 18.4 Å². The summed E-state index contributed by atoms with van der Waals surface area (Å²) in [6.45, 7) is 9.51. The Balaban J connectivity index is 0. The zero-order valence-corrected chi connectivity index (χ0v) is 9.69. The molecule has 0 aliphatic rings. The molecule has 0 amide bonds. The molecular weight excluding hydrogens is 186 g/mol. The lowest BCUT2D eigenvalue weighted by molar-refractivity contribution is 0.359. The molecule has 13 heavy (non-hydrogen) atoms. The van der Waals surface area contributed by atoms with Gasteiger partial charge in [-0.25, -0.2) is 9.98 Å². The van der Waals surface area contributed by atoms with Crippen LogP contribution < -0.4 is 5.73 Å². The first-order valence-electron chi connectivity index (χ1n) is 4.38. The van der Waals surface area contributed by atoms with Gasteiger partial charge in [0.15, 0.2) is 0 Å². The molecule has 3 nitrogen and oxygen atoms in total. The highest BCUT2D eigenvalue weighted by molar-refractivity contribution is 5.85. The van der Waals surface area contributed by atoms with E-state index in [0.29, 0.717) is 12.5 Å². The van der Waals surface area contributed by atoms with Crippen molar-refractivity contribution in [3.8, 4) is 0 Å². The van der Waals surface area contributed by atoms with Crippen LogP contribution in [0.3, 0.4) is 0 Å². The van der Waals surface area contributed by atoms with Crippen molar-refractivity contribution in [1.82, 2.24) is 0 Å². The fraction of sp³-hybridized carbons (Fsp3) is 0.889. The van der Waals surface area contributed by atoms with Crippen LogP contribution in [0.25, 0.3) is 0 Å². The van der Waals surface area contributed by atoms with Gasteiger partial charge in [0, 0.05) is 6.54 Å². The van der Waals surface area contributed by atoms with E-state index in [0.717, 1.165) is 6.54 Å². The van der Waals surface area contributed by atoms with E-state index in [1.165, 1.54) is 0 Å². The molecule has 0 heterocycles. The molecule has 0 radical (unpaired) electrons. The Morgan fingerprint density at radius 2 is 2.00 bits per heavy atom. The van der Waals surface area contributed by atoms with Crippen molar-refractivity contribution < 1.29 is 0 Å². The smallest absolute Gasteiger partial charge is 0.0898 e. The minimum absolute atomic E-state index is 0. The molecule has 0 aromatic rings. The van der Waals surface area contributed by atoms with Crippen LogP contribution in [0.5, 0.6) is 0 Å². The fourth-order valence-electron chi connectivity index (χ4n) is 0.634. The number of aliphatic imine (C=N–C) groups is 2. The van der Waals surface area contributed by atoms with E-state index in [1.54, 1.807) is 0 Å². The van der Waals surface area contributed by atoms with Gasteiger partial charge in [0.1, 0.15) is 0 Å². The predicted molar refractivity (Wildman–Crippen MR) is 59.9 cm³/mol. The summed E-state index contributed by atoms with van der Waals surface area (Å²) in [6.07, 6.45) is 0. The van der Waals surface area contributed by atoms with E-state index in [-0.39, 0.29) is 17.9 Å². The number of rotatable bonds is 4. The summed E-state index contributed by atoms with van der Waals surface area (Å²) >= 11 is 0. The molecule has 1 unspecified atom stereocenters. The van der Waals surface area contributed by atoms with Crippen LogP contribution in [0.1, 0.15) is 27.7 Å². The van der Waals surface area contributed by atoms with Crippen molar-refractivity contribution in [3.05, 3.63) is 0 Å². The standard InChI is InChI=1S/C9H19N3.ClH/c1-5-11-7-12-9(3,4)8(2)6-10;/h8H,5-6,10H2,1-4H3;1H. The van der Waals surface area contributed by atoms with E-state index in [1.807, 2.05) is 20.8 Å². The Bertz CT molecular complexity index is 183. The van der Waals surface area contributed by atoms with Gasteiger partial charge < -0.3 is 5.73 Å². The van der Waals surface area contributed by atoms with Crippen LogP contribution in [0.15, 0.2) is 9.98 Å². The van der Waals surface area contributed by atoms with E-state index < -0.39 is 0 Å². The zero-order chi connectivity index (χ0) is 9.61. The first-order chi connectivity index (χ1) is 5.54. The highest BCUT2D eigenvalue weighted by atomic mass is 35.5. The molecular formula is C9H20ClN3. The quantitative estimate of drug-likeness (QED) is 0.702. The van der Waals surface area contributed by atoms with Gasteiger partial charge in [0.25, 0.3) is 0 Å². The minimum Gasteiger partial charge on any atom is -0.330 e. The summed E-state index contributed by atoms with van der Waals surface area (Å²) in [5, 5.41) is 0. The molecule has 0 aromatic heterocycles. The van der Waals surface area contributed by atoms with Gasteiger partial charge >= 0.3 is 0 Å². The molecule has 1 atom stereocenters. The highest BCUT2D eigenvalue weighted by Gasteiger charge is 2.22. The van der Waals surface area contributed by atoms with Gasteiger partial charge in [-0.2, -0.15) is 0 Å². The van der Waals surface area contributed by atoms with Crippen LogP contribution >= 0.6 is 12.4 Å². The van der Waals surface area contributed by atoms with Crippen LogP contribution in [0.2, 0.25) is 0 Å². The monoisotopic (exact) mass is 205 g/mol. The topological polar surface area (TPSA) is 50.7 Å². The summed E-state index contributed by atoms with van der Waals surface area (Å²) < 4.78 is 0. The van der Waals surface area contributed by atoms with Gasteiger partial charge in [-0.1, -0.05) is 6.92 Å². The summed E-state index contributed by atoms with van der Waals surface area (Å²) in [5.74, 6) is 0.358. The maximum Gasteiger partial charge on any atom is 0.0898 e. The van der Waals surface area contributed by atoms with Gasteiger partial charge in [-0.3, -0.25) is 0 Å². The van der Waals surface area contributed by atoms with Gasteiger partial charge in [0.05, 0.1) is 11.5 Å². The summed E-state index contributed by atoms with van der Waals surface area (Å²) in [6, 6.07) is 2.68. The van der Waals surface area contributed by atoms with Crippen LogP contribution in [-0.4, -0.2) is 24.6 Å². The molecule has 0 rings (SSSR count). The normalized spacial score (nSPS) is 12.4. The molecule has 0 spiro atoms. The van der Waals surface area contributed by atoms with E-state index in [2.05, 4.69) is 22.9 Å². The Morgan fingerprint density at radius 1 is 1.46 bits per heavy atom. The second-order valence-corrected chi connectivity index (χ2v) is 3.48. The van der Waals surface area contributed by atoms with Crippen molar-refractivity contribution in [2.75, 3.05) is 13.1 Å². The summed E-state index contributed by atoms with van der Waals surface area (Å²) in [7, 11) is 0. The first-order valence-corrected chi connectivity index (χ1v) is 4.38. The molecule has 2 N–H and O–H groups in total. The third kappa shape index (κ3) is 5.81. The number of hydrogen-bond acceptors (Lipinski definition) is 3. The zero-order valence-electron chi connectivity index (χ0n) is 8.87. The Morgan fingerprint density at radius 3 is 2.38 bits per heavy atom. The van der Waals surface area contributed by atoms with Crippen molar-refractivity contribution in [2.24, 2.45) is 21.6 Å². The van der Waals surface area contributed by atoms with Crippen molar-refractivity contribution in [1.29, 1.82) is 0 Å². The van der Waals surface area contributed by atoms with E-state index in [4.69, 9.17) is 5.73 Å². The maximum absolute atomic E-state index is 5.54. The van der Waals surface area contributed by atoms with Gasteiger partial charge in [-0.15, -0.1) is 12.4 Å². The summed E-state index contributed by atoms with van der Waals surface area (Å²) in [5.41, 5.74) is 5.40. The van der Waals surface area contributed by atoms with Crippen LogP contribution in [0, 0.1) is 5.92 Å². The first kappa shape index (κ1) is 15.1. The minimum atomic E-state index is -0.145. The van der Waals surface area contributed by atoms with Gasteiger partial charge in [-0.05, 0) is 33.2 Å². The highest BCUT2D eigenvalue weighted by Crippen LogP contribution is 2.18. The molecule has 0 saturated heterocycles. The number of nitrogens with zero attached hydrogens (tertiary/aromatic N) is 2. The average molecular weight is 206 g/mol. The molecule has 0 saturated carbocycles. The molecule has 0 aliphatic carbocycles. The molecule has 0 aliphatic heterocycles. The summed E-state index contributed by atoms with van der Waals surface area (Å²) in [4.78, 5) is 8.14. The lowest BCUT2D eigenvalue weighted by Crippen LogP contribution is -2.32. The Kier molecular flexibility index (Phi) is 8.23. The fourth-order valence-corrected chi connectivity index (χ4v) is 0.634. The SMILES string of the molecule is CCN=C=NC(C)(C)C(C)CN.Cl. The second-order valence-electron chi connectivity index (χ2n) is 3.48. The van der Waals surface area contributed by atoms with Crippen molar-refractivity contribution in [3.63, 3.8) is 0 Å². The molecule has 0 fully saturated rings.